The van der Waals surface area contributed by atoms with Crippen LogP contribution in [0.2, 0.25) is 5.02 Å². The van der Waals surface area contributed by atoms with Gasteiger partial charge < -0.3 is 4.74 Å². The van der Waals surface area contributed by atoms with Crippen molar-refractivity contribution in [2.75, 3.05) is 10.9 Å². The van der Waals surface area contributed by atoms with Crippen LogP contribution in [-0.2, 0) is 10.0 Å². The van der Waals surface area contributed by atoms with E-state index in [1.165, 1.54) is 16.4 Å². The van der Waals surface area contributed by atoms with Gasteiger partial charge in [0.2, 0.25) is 0 Å². The first-order valence-electron chi connectivity index (χ1n) is 6.52. The number of para-hydroxylation sites is 2. The van der Waals surface area contributed by atoms with Gasteiger partial charge in [0.25, 0.3) is 10.0 Å². The number of sulfonamides is 1. The number of hydrogen-bond acceptors (Lipinski definition) is 3. The van der Waals surface area contributed by atoms with Gasteiger partial charge in [-0.15, -0.1) is 0 Å². The number of nitrogens with zero attached hydrogens (tertiary/aromatic N) is 1. The van der Waals surface area contributed by atoms with Gasteiger partial charge >= 0.3 is 0 Å². The van der Waals surface area contributed by atoms with Gasteiger partial charge in [-0.05, 0) is 43.3 Å². The number of hydrogen-bond donors (Lipinski definition) is 0. The summed E-state index contributed by atoms with van der Waals surface area (Å²) < 4.78 is 32.8. The van der Waals surface area contributed by atoms with E-state index in [4.69, 9.17) is 16.3 Å². The monoisotopic (exact) mass is 323 g/mol. The van der Waals surface area contributed by atoms with E-state index in [0.717, 1.165) is 0 Å². The summed E-state index contributed by atoms with van der Waals surface area (Å²) in [5, 5.41) is 0.504. The van der Waals surface area contributed by atoms with Gasteiger partial charge in [0.15, 0.2) is 0 Å². The highest BCUT2D eigenvalue weighted by molar-refractivity contribution is 7.92. The molecule has 2 aromatic rings. The summed E-state index contributed by atoms with van der Waals surface area (Å²) >= 11 is 5.83. The second kappa shape index (κ2) is 5.24. The van der Waals surface area contributed by atoms with Gasteiger partial charge in [-0.2, -0.15) is 0 Å². The Kier molecular flexibility index (Phi) is 3.55. The van der Waals surface area contributed by atoms with Crippen LogP contribution in [0.4, 0.5) is 5.69 Å². The number of halogens is 1. The van der Waals surface area contributed by atoms with Crippen molar-refractivity contribution in [2.24, 2.45) is 0 Å². The van der Waals surface area contributed by atoms with Crippen LogP contribution in [0.25, 0.3) is 0 Å². The molecule has 3 rings (SSSR count). The van der Waals surface area contributed by atoms with Gasteiger partial charge in [-0.1, -0.05) is 23.7 Å². The van der Waals surface area contributed by atoms with Crippen molar-refractivity contribution in [3.8, 4) is 5.75 Å². The molecule has 1 atom stereocenters. The number of ether oxygens (including phenoxy) is 1. The third-order valence-electron chi connectivity index (χ3n) is 3.35. The first-order chi connectivity index (χ1) is 10.00. The molecule has 0 fully saturated rings. The topological polar surface area (TPSA) is 46.6 Å². The van der Waals surface area contributed by atoms with Crippen molar-refractivity contribution in [3.63, 3.8) is 0 Å². The zero-order valence-electron chi connectivity index (χ0n) is 11.4. The van der Waals surface area contributed by atoms with E-state index in [1.807, 2.05) is 13.0 Å². The Morgan fingerprint density at radius 1 is 1.14 bits per heavy atom. The minimum absolute atomic E-state index is 0.218. The SMILES string of the molecule is C[C@@H]1COc2ccccc2N1S(=O)(=O)c1ccc(Cl)cc1. The van der Waals surface area contributed by atoms with E-state index < -0.39 is 10.0 Å². The predicted molar refractivity (Wildman–Crippen MR) is 82.5 cm³/mol. The fourth-order valence-corrected chi connectivity index (χ4v) is 4.14. The Balaban J connectivity index is 2.12. The molecule has 0 amide bonds. The molecule has 0 N–H and O–H groups in total. The summed E-state index contributed by atoms with van der Waals surface area (Å²) in [4.78, 5) is 0.218. The molecular formula is C15H14ClNO3S. The Hall–Kier alpha value is -1.72. The average molecular weight is 324 g/mol. The number of rotatable bonds is 2. The molecule has 6 heteroatoms. The Morgan fingerprint density at radius 3 is 2.52 bits per heavy atom. The lowest BCUT2D eigenvalue weighted by atomic mass is 10.2. The van der Waals surface area contributed by atoms with Crippen LogP contribution < -0.4 is 9.04 Å². The lowest BCUT2D eigenvalue weighted by molar-refractivity contribution is 0.281. The van der Waals surface area contributed by atoms with E-state index in [2.05, 4.69) is 0 Å². The molecular weight excluding hydrogens is 310 g/mol. The van der Waals surface area contributed by atoms with Crippen LogP contribution >= 0.6 is 11.6 Å². The molecule has 0 aliphatic carbocycles. The third-order valence-corrected chi connectivity index (χ3v) is 5.55. The highest BCUT2D eigenvalue weighted by Gasteiger charge is 2.34. The van der Waals surface area contributed by atoms with Crippen molar-refractivity contribution >= 4 is 27.3 Å². The van der Waals surface area contributed by atoms with Crippen molar-refractivity contribution in [2.45, 2.75) is 17.9 Å². The van der Waals surface area contributed by atoms with Crippen LogP contribution in [0.1, 0.15) is 6.92 Å². The summed E-state index contributed by atoms with van der Waals surface area (Å²) in [7, 11) is -3.65. The largest absolute Gasteiger partial charge is 0.489 e. The molecule has 0 saturated heterocycles. The number of benzene rings is 2. The number of fused-ring (bicyclic) bond motifs is 1. The van der Waals surface area contributed by atoms with Crippen molar-refractivity contribution in [1.29, 1.82) is 0 Å². The molecule has 1 heterocycles. The maximum absolute atomic E-state index is 12.9. The Labute approximate surface area is 129 Å². The fourth-order valence-electron chi connectivity index (χ4n) is 2.36. The van der Waals surface area contributed by atoms with Crippen LogP contribution in [0.3, 0.4) is 0 Å². The molecule has 0 aromatic heterocycles. The molecule has 0 bridgehead atoms. The van der Waals surface area contributed by atoms with E-state index in [9.17, 15) is 8.42 Å². The van der Waals surface area contributed by atoms with Crippen LogP contribution in [0.5, 0.6) is 5.75 Å². The lowest BCUT2D eigenvalue weighted by Gasteiger charge is -2.35. The molecule has 0 unspecified atom stereocenters. The fraction of sp³-hybridized carbons (Fsp3) is 0.200. The van der Waals surface area contributed by atoms with E-state index in [0.29, 0.717) is 23.1 Å². The van der Waals surface area contributed by atoms with Gasteiger partial charge in [0.05, 0.1) is 16.6 Å². The molecule has 0 spiro atoms. The second-order valence-corrected chi connectivity index (χ2v) is 7.13. The zero-order chi connectivity index (χ0) is 15.0. The molecule has 21 heavy (non-hydrogen) atoms. The molecule has 0 radical (unpaired) electrons. The van der Waals surface area contributed by atoms with Gasteiger partial charge in [-0.25, -0.2) is 8.42 Å². The van der Waals surface area contributed by atoms with E-state index in [-0.39, 0.29) is 10.9 Å². The van der Waals surface area contributed by atoms with Gasteiger partial charge in [0, 0.05) is 5.02 Å². The lowest BCUT2D eigenvalue weighted by Crippen LogP contribution is -2.44. The van der Waals surface area contributed by atoms with Crippen molar-refractivity contribution in [3.05, 3.63) is 53.6 Å². The summed E-state index contributed by atoms with van der Waals surface area (Å²) in [6, 6.07) is 13.0. The molecule has 110 valence electrons. The predicted octanol–water partition coefficient (Wildman–Crippen LogP) is 3.32. The minimum atomic E-state index is -3.65. The summed E-state index contributed by atoms with van der Waals surface area (Å²) in [5.41, 5.74) is 0.561. The molecule has 0 saturated carbocycles. The second-order valence-electron chi connectivity index (χ2n) is 4.88. The Bertz CT molecular complexity index is 759. The normalized spacial score (nSPS) is 18.0. The van der Waals surface area contributed by atoms with Crippen molar-refractivity contribution in [1.82, 2.24) is 0 Å². The van der Waals surface area contributed by atoms with Crippen LogP contribution in [-0.4, -0.2) is 21.1 Å². The molecule has 2 aromatic carbocycles. The van der Waals surface area contributed by atoms with Gasteiger partial charge in [0.1, 0.15) is 12.4 Å². The quantitative estimate of drug-likeness (QED) is 0.851. The summed E-state index contributed by atoms with van der Waals surface area (Å²) in [5.74, 6) is 0.577. The molecule has 1 aliphatic heterocycles. The maximum Gasteiger partial charge on any atom is 0.264 e. The summed E-state index contributed by atoms with van der Waals surface area (Å²) in [6.07, 6.45) is 0. The van der Waals surface area contributed by atoms with Crippen molar-refractivity contribution < 1.29 is 13.2 Å². The van der Waals surface area contributed by atoms with Crippen LogP contribution in [0.15, 0.2) is 53.4 Å². The maximum atomic E-state index is 12.9. The third kappa shape index (κ3) is 2.47. The van der Waals surface area contributed by atoms with E-state index in [1.54, 1.807) is 30.3 Å². The first kappa shape index (κ1) is 14.2. The smallest absolute Gasteiger partial charge is 0.264 e. The van der Waals surface area contributed by atoms with Crippen LogP contribution in [0, 0.1) is 0 Å². The average Bonchev–Trinajstić information content (AvgIpc) is 2.47. The van der Waals surface area contributed by atoms with E-state index >= 15 is 0 Å². The highest BCUT2D eigenvalue weighted by Crippen LogP contribution is 2.37. The Morgan fingerprint density at radius 2 is 1.81 bits per heavy atom. The first-order valence-corrected chi connectivity index (χ1v) is 8.34. The summed E-state index contributed by atoms with van der Waals surface area (Å²) in [6.45, 7) is 2.15. The minimum Gasteiger partial charge on any atom is -0.489 e. The highest BCUT2D eigenvalue weighted by atomic mass is 35.5. The zero-order valence-corrected chi connectivity index (χ0v) is 12.9. The standard InChI is InChI=1S/C15H14ClNO3S/c1-11-10-20-15-5-3-2-4-14(15)17(11)21(18,19)13-8-6-12(16)7-9-13/h2-9,11H,10H2,1H3/t11-/m1/s1. The van der Waals surface area contributed by atoms with Gasteiger partial charge in [-0.3, -0.25) is 4.31 Å². The molecule has 4 nitrogen and oxygen atoms in total. The molecule has 1 aliphatic rings. The number of anilines is 1.